The van der Waals surface area contributed by atoms with Gasteiger partial charge in [-0.15, -0.1) is 0 Å². The van der Waals surface area contributed by atoms with E-state index < -0.39 is 0 Å². The summed E-state index contributed by atoms with van der Waals surface area (Å²) in [5.41, 5.74) is 3.23. The van der Waals surface area contributed by atoms with Gasteiger partial charge in [0.15, 0.2) is 0 Å². The highest BCUT2D eigenvalue weighted by molar-refractivity contribution is 5.66. The van der Waals surface area contributed by atoms with Crippen molar-refractivity contribution < 1.29 is 14.3 Å². The molecule has 0 spiro atoms. The molecule has 2 heterocycles. The predicted octanol–water partition coefficient (Wildman–Crippen LogP) is 5.18. The van der Waals surface area contributed by atoms with Crippen LogP contribution in [0.25, 0.3) is 0 Å². The highest BCUT2D eigenvalue weighted by Crippen LogP contribution is 2.76. The Hall–Kier alpha value is -1.68. The number of fused-ring (bicyclic) bond motifs is 7. The summed E-state index contributed by atoms with van der Waals surface area (Å²) in [6.45, 7) is 6.55. The number of pyridine rings is 1. The molecule has 3 saturated carbocycles. The second-order valence-electron chi connectivity index (χ2n) is 11.0. The lowest BCUT2D eigenvalue weighted by Gasteiger charge is -2.58. The van der Waals surface area contributed by atoms with Gasteiger partial charge in [-0.25, -0.2) is 0 Å². The smallest absolute Gasteiger partial charge is 0.302 e. The zero-order valence-corrected chi connectivity index (χ0v) is 18.4. The Bertz CT molecular complexity index is 912. The molecule has 0 bridgehead atoms. The van der Waals surface area contributed by atoms with Gasteiger partial charge in [0.05, 0.1) is 6.10 Å². The summed E-state index contributed by atoms with van der Waals surface area (Å²) in [5, 5.41) is 0. The van der Waals surface area contributed by atoms with Crippen LogP contribution in [-0.4, -0.2) is 23.2 Å². The van der Waals surface area contributed by atoms with Crippen LogP contribution >= 0.6 is 0 Å². The SMILES string of the molecule is CC(=O)O[C@H]1CC[C@@]2(C)C(=CC[C@@H]3[C@@H]2CC[C@@]2(C)[C@H]3C[C@H]3O[C@]32c2cccnc2)C1. The van der Waals surface area contributed by atoms with Gasteiger partial charge in [-0.3, -0.25) is 9.78 Å². The maximum absolute atomic E-state index is 11.5. The molecule has 4 nitrogen and oxygen atoms in total. The van der Waals surface area contributed by atoms with Crippen molar-refractivity contribution in [3.8, 4) is 0 Å². The molecular weight excluding hydrogens is 374 g/mol. The number of aromatic nitrogens is 1. The Labute approximate surface area is 179 Å². The molecule has 30 heavy (non-hydrogen) atoms. The van der Waals surface area contributed by atoms with E-state index in [9.17, 15) is 4.79 Å². The number of epoxide rings is 1. The molecule has 1 aromatic heterocycles. The number of hydrogen-bond donors (Lipinski definition) is 0. The number of ether oxygens (including phenoxy) is 2. The van der Waals surface area contributed by atoms with E-state index in [0.29, 0.717) is 6.10 Å². The minimum absolute atomic E-state index is 0.0774. The van der Waals surface area contributed by atoms with Crippen LogP contribution in [0.1, 0.15) is 71.3 Å². The van der Waals surface area contributed by atoms with E-state index in [1.807, 2.05) is 12.4 Å². The number of esters is 1. The molecule has 8 atom stereocenters. The predicted molar refractivity (Wildman–Crippen MR) is 113 cm³/mol. The highest BCUT2D eigenvalue weighted by atomic mass is 16.6. The topological polar surface area (TPSA) is 51.7 Å². The summed E-state index contributed by atoms with van der Waals surface area (Å²) < 4.78 is 12.0. The second-order valence-corrected chi connectivity index (χ2v) is 11.0. The molecule has 160 valence electrons. The molecule has 6 rings (SSSR count). The number of hydrogen-bond acceptors (Lipinski definition) is 4. The van der Waals surface area contributed by atoms with Gasteiger partial charge in [0.2, 0.25) is 0 Å². The molecule has 0 radical (unpaired) electrons. The third-order valence-electron chi connectivity index (χ3n) is 9.91. The maximum Gasteiger partial charge on any atom is 0.302 e. The summed E-state index contributed by atoms with van der Waals surface area (Å²) in [5.74, 6) is 2.07. The average molecular weight is 408 g/mol. The molecule has 5 aliphatic rings. The lowest BCUT2D eigenvalue weighted by molar-refractivity contribution is -0.149. The van der Waals surface area contributed by atoms with Gasteiger partial charge in [0, 0.05) is 36.7 Å². The summed E-state index contributed by atoms with van der Waals surface area (Å²) in [7, 11) is 0. The first-order valence-corrected chi connectivity index (χ1v) is 11.8. The lowest BCUT2D eigenvalue weighted by atomic mass is 9.47. The molecule has 0 unspecified atom stereocenters. The molecular formula is C26H33NO3. The van der Waals surface area contributed by atoms with Crippen molar-refractivity contribution >= 4 is 5.97 Å². The zero-order valence-electron chi connectivity index (χ0n) is 18.4. The Kier molecular flexibility index (Phi) is 3.92. The van der Waals surface area contributed by atoms with Gasteiger partial charge in [-0.05, 0) is 67.8 Å². The van der Waals surface area contributed by atoms with E-state index in [1.165, 1.54) is 38.2 Å². The number of carbonyl (C=O) groups excluding carboxylic acids is 1. The quantitative estimate of drug-likeness (QED) is 0.385. The molecule has 1 aromatic rings. The van der Waals surface area contributed by atoms with Crippen molar-refractivity contribution in [2.45, 2.75) is 83.5 Å². The fourth-order valence-electron chi connectivity index (χ4n) is 8.48. The number of nitrogens with zero attached hydrogens (tertiary/aromatic N) is 1. The summed E-state index contributed by atoms with van der Waals surface area (Å²) in [4.78, 5) is 15.9. The molecule has 4 fully saturated rings. The van der Waals surface area contributed by atoms with Gasteiger partial charge >= 0.3 is 5.97 Å². The first-order chi connectivity index (χ1) is 14.4. The van der Waals surface area contributed by atoms with Crippen molar-refractivity contribution in [3.05, 3.63) is 41.7 Å². The molecule has 1 aliphatic heterocycles. The van der Waals surface area contributed by atoms with Gasteiger partial charge in [0.25, 0.3) is 0 Å². The largest absolute Gasteiger partial charge is 0.462 e. The highest BCUT2D eigenvalue weighted by Gasteiger charge is 2.77. The van der Waals surface area contributed by atoms with Crippen LogP contribution in [-0.2, 0) is 19.9 Å². The van der Waals surface area contributed by atoms with Gasteiger partial charge in [-0.2, -0.15) is 0 Å². The first kappa shape index (κ1) is 19.0. The van der Waals surface area contributed by atoms with Crippen LogP contribution in [0.5, 0.6) is 0 Å². The van der Waals surface area contributed by atoms with Crippen molar-refractivity contribution in [3.63, 3.8) is 0 Å². The summed E-state index contributed by atoms with van der Waals surface area (Å²) >= 11 is 0. The number of carbonyl (C=O) groups is 1. The van der Waals surface area contributed by atoms with E-state index in [2.05, 4.69) is 37.0 Å². The Morgan fingerprint density at radius 1 is 1.23 bits per heavy atom. The van der Waals surface area contributed by atoms with Crippen LogP contribution in [0.4, 0.5) is 0 Å². The molecule has 4 heteroatoms. The van der Waals surface area contributed by atoms with E-state index in [-0.39, 0.29) is 28.5 Å². The minimum atomic E-state index is -0.141. The Balaban J connectivity index is 1.30. The molecule has 0 amide bonds. The van der Waals surface area contributed by atoms with Crippen molar-refractivity contribution in [1.82, 2.24) is 4.98 Å². The third-order valence-corrected chi connectivity index (χ3v) is 9.91. The molecule has 0 N–H and O–H groups in total. The molecule has 4 aliphatic carbocycles. The van der Waals surface area contributed by atoms with Crippen LogP contribution in [0.15, 0.2) is 36.2 Å². The fraction of sp³-hybridized carbons (Fsp3) is 0.692. The van der Waals surface area contributed by atoms with Crippen molar-refractivity contribution in [2.75, 3.05) is 0 Å². The van der Waals surface area contributed by atoms with E-state index in [4.69, 9.17) is 9.47 Å². The maximum atomic E-state index is 11.5. The van der Waals surface area contributed by atoms with Crippen LogP contribution in [0.2, 0.25) is 0 Å². The van der Waals surface area contributed by atoms with E-state index >= 15 is 0 Å². The van der Waals surface area contributed by atoms with E-state index in [1.54, 1.807) is 5.57 Å². The third kappa shape index (κ3) is 2.32. The Morgan fingerprint density at radius 2 is 2.10 bits per heavy atom. The van der Waals surface area contributed by atoms with Crippen LogP contribution < -0.4 is 0 Å². The average Bonchev–Trinajstić information content (AvgIpc) is 3.40. The lowest BCUT2D eigenvalue weighted by Crippen LogP contribution is -2.52. The van der Waals surface area contributed by atoms with Gasteiger partial charge in [-0.1, -0.05) is 31.6 Å². The van der Waals surface area contributed by atoms with Gasteiger partial charge < -0.3 is 9.47 Å². The van der Waals surface area contributed by atoms with E-state index in [0.717, 1.165) is 37.0 Å². The minimum Gasteiger partial charge on any atom is -0.462 e. The first-order valence-electron chi connectivity index (χ1n) is 11.8. The standard InChI is InChI=1S/C26H33NO3/c1-16(28)29-19-8-10-24(2)17(13-19)6-7-20-21(24)9-11-25(3)22(20)14-23-26(25,30-23)18-5-4-12-27-15-18/h4-6,12,15,19-23H,7-11,13-14H2,1-3H3/t19-,20+,21-,22-,23+,24-,25-,26+/m0/s1. The Morgan fingerprint density at radius 3 is 2.87 bits per heavy atom. The van der Waals surface area contributed by atoms with Crippen LogP contribution in [0.3, 0.4) is 0 Å². The number of allylic oxidation sites excluding steroid dienone is 1. The second kappa shape index (κ2) is 6.18. The van der Waals surface area contributed by atoms with Crippen molar-refractivity contribution in [1.29, 1.82) is 0 Å². The summed E-state index contributed by atoms with van der Waals surface area (Å²) in [6, 6.07) is 4.28. The zero-order chi connectivity index (χ0) is 20.7. The van der Waals surface area contributed by atoms with Gasteiger partial charge in [0.1, 0.15) is 11.7 Å². The normalized spacial score (nSPS) is 48.5. The fourth-order valence-corrected chi connectivity index (χ4v) is 8.48. The van der Waals surface area contributed by atoms with Crippen molar-refractivity contribution in [2.24, 2.45) is 28.6 Å². The monoisotopic (exact) mass is 407 g/mol. The summed E-state index contributed by atoms with van der Waals surface area (Å²) in [6.07, 6.45) is 14.9. The molecule has 1 saturated heterocycles. The molecule has 0 aromatic carbocycles. The van der Waals surface area contributed by atoms with Crippen LogP contribution in [0, 0.1) is 28.6 Å². The number of rotatable bonds is 2.